The summed E-state index contributed by atoms with van der Waals surface area (Å²) in [5, 5.41) is 3.51. The predicted octanol–water partition coefficient (Wildman–Crippen LogP) is 2.49. The SMILES string of the molecule is CCCN(CCC)CCCN=C(NCC)N1CCC(N2CCOCC2)C1.I. The van der Waals surface area contributed by atoms with E-state index in [0.29, 0.717) is 6.04 Å². The Hall–Kier alpha value is -0.120. The highest BCUT2D eigenvalue weighted by atomic mass is 127. The molecule has 0 saturated carbocycles. The van der Waals surface area contributed by atoms with Crippen LogP contribution in [0.25, 0.3) is 0 Å². The van der Waals surface area contributed by atoms with Gasteiger partial charge in [-0.1, -0.05) is 13.8 Å². The normalized spacial score (nSPS) is 21.6. The molecule has 1 unspecified atom stereocenters. The molecule has 2 heterocycles. The second-order valence-corrected chi connectivity index (χ2v) is 7.47. The molecular formula is C20H42IN5O. The lowest BCUT2D eigenvalue weighted by molar-refractivity contribution is 0.0195. The van der Waals surface area contributed by atoms with Crippen LogP contribution in [0.15, 0.2) is 4.99 Å². The lowest BCUT2D eigenvalue weighted by Crippen LogP contribution is -2.46. The van der Waals surface area contributed by atoms with Crippen molar-refractivity contribution in [3.8, 4) is 0 Å². The summed E-state index contributed by atoms with van der Waals surface area (Å²) >= 11 is 0. The number of hydrogen-bond donors (Lipinski definition) is 1. The highest BCUT2D eigenvalue weighted by Gasteiger charge is 2.30. The van der Waals surface area contributed by atoms with Crippen LogP contribution in [0.5, 0.6) is 0 Å². The molecule has 1 N–H and O–H groups in total. The molecule has 27 heavy (non-hydrogen) atoms. The van der Waals surface area contributed by atoms with Gasteiger partial charge in [0.25, 0.3) is 0 Å². The fourth-order valence-corrected chi connectivity index (χ4v) is 4.05. The topological polar surface area (TPSA) is 43.3 Å². The molecule has 2 saturated heterocycles. The summed E-state index contributed by atoms with van der Waals surface area (Å²) in [6.07, 6.45) is 4.87. The van der Waals surface area contributed by atoms with Crippen LogP contribution in [0.4, 0.5) is 0 Å². The van der Waals surface area contributed by atoms with Crippen molar-refractivity contribution in [1.82, 2.24) is 20.0 Å². The second kappa shape index (κ2) is 14.8. The fraction of sp³-hybridized carbons (Fsp3) is 0.950. The summed E-state index contributed by atoms with van der Waals surface area (Å²) in [6, 6.07) is 0.660. The van der Waals surface area contributed by atoms with Crippen LogP contribution in [0.2, 0.25) is 0 Å². The van der Waals surface area contributed by atoms with Gasteiger partial charge in [-0.3, -0.25) is 9.89 Å². The minimum absolute atomic E-state index is 0. The minimum atomic E-state index is 0. The van der Waals surface area contributed by atoms with Crippen LogP contribution in [0.1, 0.15) is 46.5 Å². The Morgan fingerprint density at radius 3 is 2.41 bits per heavy atom. The molecule has 0 aliphatic carbocycles. The lowest BCUT2D eigenvalue weighted by Gasteiger charge is -2.32. The summed E-state index contributed by atoms with van der Waals surface area (Å²) in [5.41, 5.74) is 0. The summed E-state index contributed by atoms with van der Waals surface area (Å²) in [7, 11) is 0. The molecule has 0 aromatic carbocycles. The van der Waals surface area contributed by atoms with Gasteiger partial charge in [-0.05, 0) is 52.2 Å². The van der Waals surface area contributed by atoms with Gasteiger partial charge in [0.15, 0.2) is 5.96 Å². The molecule has 2 fully saturated rings. The summed E-state index contributed by atoms with van der Waals surface area (Å²) in [4.78, 5) is 12.6. The maximum Gasteiger partial charge on any atom is 0.193 e. The highest BCUT2D eigenvalue weighted by Crippen LogP contribution is 2.17. The first-order chi connectivity index (χ1) is 12.8. The Labute approximate surface area is 184 Å². The molecule has 0 spiro atoms. The van der Waals surface area contributed by atoms with E-state index in [1.165, 1.54) is 38.9 Å². The van der Waals surface area contributed by atoms with E-state index in [1.807, 2.05) is 0 Å². The molecule has 0 aromatic rings. The zero-order valence-corrected chi connectivity index (χ0v) is 20.1. The van der Waals surface area contributed by atoms with Gasteiger partial charge in [0.05, 0.1) is 13.2 Å². The van der Waals surface area contributed by atoms with Crippen molar-refractivity contribution in [2.75, 3.05) is 72.1 Å². The van der Waals surface area contributed by atoms with E-state index in [4.69, 9.17) is 9.73 Å². The van der Waals surface area contributed by atoms with E-state index in [2.05, 4.69) is 40.8 Å². The smallest absolute Gasteiger partial charge is 0.193 e. The standard InChI is InChI=1S/C20H41N5O.HI/c1-4-10-23(11-5-2)12-7-9-22-20(21-6-3)25-13-8-19(18-25)24-14-16-26-17-15-24;/h19H,4-18H2,1-3H3,(H,21,22);1H. The van der Waals surface area contributed by atoms with Crippen LogP contribution in [0, 0.1) is 0 Å². The Morgan fingerprint density at radius 2 is 1.78 bits per heavy atom. The summed E-state index contributed by atoms with van der Waals surface area (Å²) < 4.78 is 5.50. The van der Waals surface area contributed by atoms with Crippen molar-refractivity contribution in [2.24, 2.45) is 4.99 Å². The molecular weight excluding hydrogens is 453 g/mol. The average Bonchev–Trinajstić information content (AvgIpc) is 3.15. The highest BCUT2D eigenvalue weighted by molar-refractivity contribution is 14.0. The molecule has 6 nitrogen and oxygen atoms in total. The molecule has 160 valence electrons. The van der Waals surface area contributed by atoms with Gasteiger partial charge in [-0.2, -0.15) is 0 Å². The number of ether oxygens (including phenoxy) is 1. The quantitative estimate of drug-likeness (QED) is 0.218. The van der Waals surface area contributed by atoms with Crippen molar-refractivity contribution in [3.63, 3.8) is 0 Å². The minimum Gasteiger partial charge on any atom is -0.379 e. The van der Waals surface area contributed by atoms with E-state index in [9.17, 15) is 0 Å². The van der Waals surface area contributed by atoms with Crippen LogP contribution in [0.3, 0.4) is 0 Å². The number of nitrogens with one attached hydrogen (secondary N) is 1. The van der Waals surface area contributed by atoms with E-state index >= 15 is 0 Å². The predicted molar refractivity (Wildman–Crippen MR) is 125 cm³/mol. The monoisotopic (exact) mass is 495 g/mol. The van der Waals surface area contributed by atoms with Crippen LogP contribution in [-0.2, 0) is 4.74 Å². The number of nitrogens with zero attached hydrogens (tertiary/aromatic N) is 4. The molecule has 0 amide bonds. The largest absolute Gasteiger partial charge is 0.379 e. The molecule has 2 aliphatic rings. The second-order valence-electron chi connectivity index (χ2n) is 7.47. The number of likely N-dealkylation sites (tertiary alicyclic amines) is 1. The van der Waals surface area contributed by atoms with Gasteiger partial charge in [0, 0.05) is 45.3 Å². The Morgan fingerprint density at radius 1 is 1.07 bits per heavy atom. The Kier molecular flexibility index (Phi) is 13.7. The molecule has 2 aliphatic heterocycles. The third-order valence-electron chi connectivity index (χ3n) is 5.33. The first-order valence-corrected chi connectivity index (χ1v) is 10.9. The van der Waals surface area contributed by atoms with E-state index in [0.717, 1.165) is 64.9 Å². The van der Waals surface area contributed by atoms with Crippen LogP contribution < -0.4 is 5.32 Å². The van der Waals surface area contributed by atoms with Gasteiger partial charge in [0.1, 0.15) is 0 Å². The first kappa shape index (κ1) is 24.9. The molecule has 1 atom stereocenters. The van der Waals surface area contributed by atoms with E-state index < -0.39 is 0 Å². The fourth-order valence-electron chi connectivity index (χ4n) is 4.05. The van der Waals surface area contributed by atoms with Gasteiger partial charge < -0.3 is 19.9 Å². The maximum atomic E-state index is 5.50. The van der Waals surface area contributed by atoms with Crippen molar-refractivity contribution < 1.29 is 4.74 Å². The van der Waals surface area contributed by atoms with Crippen LogP contribution in [-0.4, -0.2) is 98.8 Å². The number of guanidine groups is 1. The average molecular weight is 495 g/mol. The molecule has 7 heteroatoms. The van der Waals surface area contributed by atoms with Gasteiger partial charge in [0.2, 0.25) is 0 Å². The van der Waals surface area contributed by atoms with Gasteiger partial charge >= 0.3 is 0 Å². The zero-order valence-electron chi connectivity index (χ0n) is 17.8. The number of morpholine rings is 1. The third kappa shape index (κ3) is 8.83. The number of aliphatic imine (C=N–C) groups is 1. The van der Waals surface area contributed by atoms with E-state index in [-0.39, 0.29) is 24.0 Å². The summed E-state index contributed by atoms with van der Waals surface area (Å²) in [6.45, 7) is 18.3. The van der Waals surface area contributed by atoms with Crippen molar-refractivity contribution in [1.29, 1.82) is 0 Å². The first-order valence-electron chi connectivity index (χ1n) is 10.9. The number of rotatable bonds is 10. The maximum absolute atomic E-state index is 5.50. The number of halogens is 1. The van der Waals surface area contributed by atoms with Crippen molar-refractivity contribution in [2.45, 2.75) is 52.5 Å². The van der Waals surface area contributed by atoms with Crippen LogP contribution >= 0.6 is 24.0 Å². The zero-order chi connectivity index (χ0) is 18.6. The van der Waals surface area contributed by atoms with Gasteiger partial charge in [-0.25, -0.2) is 0 Å². The molecule has 0 bridgehead atoms. The molecule has 0 aromatic heterocycles. The Balaban J connectivity index is 0.00000364. The number of hydrogen-bond acceptors (Lipinski definition) is 4. The lowest BCUT2D eigenvalue weighted by atomic mass is 10.2. The summed E-state index contributed by atoms with van der Waals surface area (Å²) in [5.74, 6) is 1.11. The van der Waals surface area contributed by atoms with Gasteiger partial charge in [-0.15, -0.1) is 24.0 Å². The van der Waals surface area contributed by atoms with E-state index in [1.54, 1.807) is 0 Å². The van der Waals surface area contributed by atoms with Crippen molar-refractivity contribution in [3.05, 3.63) is 0 Å². The third-order valence-corrected chi connectivity index (χ3v) is 5.33. The molecule has 0 radical (unpaired) electrons. The Bertz CT molecular complexity index is 398. The van der Waals surface area contributed by atoms with Crippen molar-refractivity contribution >= 4 is 29.9 Å². The molecule has 2 rings (SSSR count).